The monoisotopic (exact) mass is 508 g/mol. The van der Waals surface area contributed by atoms with Gasteiger partial charge in [-0.3, -0.25) is 10.1 Å². The normalized spacial score (nSPS) is 10.9. The number of nitro groups is 1. The van der Waals surface area contributed by atoms with Crippen molar-refractivity contribution in [2.45, 2.75) is 13.2 Å². The third-order valence-corrected chi connectivity index (χ3v) is 5.04. The summed E-state index contributed by atoms with van der Waals surface area (Å²) < 4.78 is 6.74. The number of halogens is 3. The van der Waals surface area contributed by atoms with Gasteiger partial charge in [-0.1, -0.05) is 68.6 Å². The van der Waals surface area contributed by atoms with Crippen LogP contribution in [0.4, 0.5) is 5.69 Å². The van der Waals surface area contributed by atoms with Crippen LogP contribution in [-0.4, -0.2) is 11.1 Å². The molecule has 3 aromatic rings. The number of benzene rings is 3. The first-order chi connectivity index (χ1) is 14.4. The Morgan fingerprint density at radius 2 is 1.70 bits per heavy atom. The van der Waals surface area contributed by atoms with E-state index in [2.05, 4.69) is 21.1 Å². The van der Waals surface area contributed by atoms with Crippen LogP contribution in [0.1, 0.15) is 16.7 Å². The standard InChI is InChI=1S/C21H15BrCl2N2O4/c22-17-6-4-14(5-7-17)12-29-21-19(23)9-16(10-20(21)24)11-25-30-13-15-2-1-3-18(8-15)26(27)28/h1-11H,12-13H2/b25-11-. The van der Waals surface area contributed by atoms with Gasteiger partial charge in [0.1, 0.15) is 13.2 Å². The van der Waals surface area contributed by atoms with Crippen molar-refractivity contribution in [2.24, 2.45) is 5.16 Å². The predicted molar refractivity (Wildman–Crippen MR) is 120 cm³/mol. The van der Waals surface area contributed by atoms with Crippen LogP contribution in [0.5, 0.6) is 5.75 Å². The maximum atomic E-state index is 10.8. The number of nitro benzene ring substituents is 1. The molecule has 0 atom stereocenters. The molecule has 30 heavy (non-hydrogen) atoms. The Morgan fingerprint density at radius 3 is 2.37 bits per heavy atom. The minimum atomic E-state index is -0.461. The number of hydrogen-bond donors (Lipinski definition) is 0. The van der Waals surface area contributed by atoms with Gasteiger partial charge >= 0.3 is 0 Å². The predicted octanol–water partition coefficient (Wildman–Crippen LogP) is 6.79. The number of nitrogens with zero attached hydrogens (tertiary/aromatic N) is 2. The Hall–Kier alpha value is -2.61. The quantitative estimate of drug-likeness (QED) is 0.190. The van der Waals surface area contributed by atoms with Crippen LogP contribution in [0.3, 0.4) is 0 Å². The summed E-state index contributed by atoms with van der Waals surface area (Å²) in [4.78, 5) is 15.5. The fourth-order valence-electron chi connectivity index (χ4n) is 2.50. The van der Waals surface area contributed by atoms with Gasteiger partial charge in [0.15, 0.2) is 5.75 Å². The Kier molecular flexibility index (Phi) is 7.68. The highest BCUT2D eigenvalue weighted by molar-refractivity contribution is 9.10. The molecule has 0 amide bonds. The van der Waals surface area contributed by atoms with E-state index in [4.69, 9.17) is 32.8 Å². The van der Waals surface area contributed by atoms with Crippen LogP contribution in [0.2, 0.25) is 10.0 Å². The average Bonchev–Trinajstić information content (AvgIpc) is 2.72. The molecule has 0 aromatic heterocycles. The van der Waals surface area contributed by atoms with E-state index < -0.39 is 4.92 Å². The van der Waals surface area contributed by atoms with E-state index in [1.165, 1.54) is 18.3 Å². The van der Waals surface area contributed by atoms with Crippen molar-refractivity contribution in [1.29, 1.82) is 0 Å². The second kappa shape index (κ2) is 10.4. The SMILES string of the molecule is O=[N+]([O-])c1cccc(CO/N=C\c2cc(Cl)c(OCc3ccc(Br)cc3)c(Cl)c2)c1. The molecular weight excluding hydrogens is 495 g/mol. The van der Waals surface area contributed by atoms with Crippen LogP contribution >= 0.6 is 39.1 Å². The van der Waals surface area contributed by atoms with Gasteiger partial charge < -0.3 is 9.57 Å². The Bertz CT molecular complexity index is 1050. The molecule has 3 rings (SSSR count). The summed E-state index contributed by atoms with van der Waals surface area (Å²) in [6, 6.07) is 17.2. The first-order valence-electron chi connectivity index (χ1n) is 8.67. The zero-order valence-corrected chi connectivity index (χ0v) is 18.5. The first kappa shape index (κ1) is 22.1. The summed E-state index contributed by atoms with van der Waals surface area (Å²) in [5.74, 6) is 0.385. The molecule has 0 bridgehead atoms. The zero-order valence-electron chi connectivity index (χ0n) is 15.4. The number of hydrogen-bond acceptors (Lipinski definition) is 5. The van der Waals surface area contributed by atoms with E-state index in [-0.39, 0.29) is 12.3 Å². The number of non-ortho nitro benzene ring substituents is 1. The van der Waals surface area contributed by atoms with Crippen LogP contribution < -0.4 is 4.74 Å². The molecule has 0 aliphatic heterocycles. The van der Waals surface area contributed by atoms with Gasteiger partial charge in [-0.05, 0) is 41.0 Å². The lowest BCUT2D eigenvalue weighted by atomic mass is 10.2. The fraction of sp³-hybridized carbons (Fsp3) is 0.0952. The molecule has 0 aliphatic rings. The highest BCUT2D eigenvalue weighted by atomic mass is 79.9. The third kappa shape index (κ3) is 6.19. The topological polar surface area (TPSA) is 74.0 Å². The molecule has 9 heteroatoms. The van der Waals surface area contributed by atoms with Crippen molar-refractivity contribution in [3.05, 3.63) is 102 Å². The molecule has 154 valence electrons. The third-order valence-electron chi connectivity index (χ3n) is 3.95. The summed E-state index contributed by atoms with van der Waals surface area (Å²) in [6.07, 6.45) is 1.45. The molecule has 0 N–H and O–H groups in total. The van der Waals surface area contributed by atoms with E-state index in [0.29, 0.717) is 33.5 Å². The summed E-state index contributed by atoms with van der Waals surface area (Å²) in [5.41, 5.74) is 2.23. The van der Waals surface area contributed by atoms with E-state index in [1.54, 1.807) is 24.3 Å². The van der Waals surface area contributed by atoms with E-state index in [1.807, 2.05) is 24.3 Å². The van der Waals surface area contributed by atoms with Crippen molar-refractivity contribution in [2.75, 3.05) is 0 Å². The van der Waals surface area contributed by atoms with Gasteiger partial charge in [-0.25, -0.2) is 0 Å². The van der Waals surface area contributed by atoms with Gasteiger partial charge in [-0.15, -0.1) is 0 Å². The lowest BCUT2D eigenvalue weighted by molar-refractivity contribution is -0.384. The highest BCUT2D eigenvalue weighted by Crippen LogP contribution is 2.34. The molecule has 0 aliphatic carbocycles. The Balaban J connectivity index is 1.59. The Labute approximate surface area is 191 Å². The van der Waals surface area contributed by atoms with Crippen LogP contribution in [0.15, 0.2) is 70.3 Å². The van der Waals surface area contributed by atoms with Crippen molar-refractivity contribution < 1.29 is 14.5 Å². The molecule has 0 heterocycles. The van der Waals surface area contributed by atoms with E-state index >= 15 is 0 Å². The van der Waals surface area contributed by atoms with Crippen LogP contribution in [0, 0.1) is 10.1 Å². The summed E-state index contributed by atoms with van der Waals surface area (Å²) in [7, 11) is 0. The van der Waals surface area contributed by atoms with Gasteiger partial charge in [0.2, 0.25) is 0 Å². The summed E-state index contributed by atoms with van der Waals surface area (Å²) >= 11 is 16.0. The number of rotatable bonds is 8. The van der Waals surface area contributed by atoms with Crippen molar-refractivity contribution >= 4 is 51.0 Å². The average molecular weight is 510 g/mol. The molecule has 0 spiro atoms. The molecule has 3 aromatic carbocycles. The van der Waals surface area contributed by atoms with Crippen LogP contribution in [-0.2, 0) is 18.1 Å². The smallest absolute Gasteiger partial charge is 0.269 e. The van der Waals surface area contributed by atoms with E-state index in [9.17, 15) is 10.1 Å². The van der Waals surface area contributed by atoms with Crippen molar-refractivity contribution in [1.82, 2.24) is 0 Å². The first-order valence-corrected chi connectivity index (χ1v) is 10.2. The second-order valence-corrected chi connectivity index (χ2v) is 7.89. The lowest BCUT2D eigenvalue weighted by Gasteiger charge is -2.11. The molecule has 6 nitrogen and oxygen atoms in total. The zero-order chi connectivity index (χ0) is 21.5. The molecular formula is C21H15BrCl2N2O4. The summed E-state index contributed by atoms with van der Waals surface area (Å²) in [6.45, 7) is 0.417. The highest BCUT2D eigenvalue weighted by Gasteiger charge is 2.10. The maximum Gasteiger partial charge on any atom is 0.269 e. The number of ether oxygens (including phenoxy) is 1. The molecule has 0 fully saturated rings. The largest absolute Gasteiger partial charge is 0.486 e. The molecule has 0 saturated heterocycles. The van der Waals surface area contributed by atoms with Crippen LogP contribution in [0.25, 0.3) is 0 Å². The summed E-state index contributed by atoms with van der Waals surface area (Å²) in [5, 5.41) is 15.4. The minimum absolute atomic E-state index is 0.00244. The molecule has 0 radical (unpaired) electrons. The van der Waals surface area contributed by atoms with Gasteiger partial charge in [-0.2, -0.15) is 0 Å². The maximum absolute atomic E-state index is 10.8. The van der Waals surface area contributed by atoms with Gasteiger partial charge in [0.25, 0.3) is 5.69 Å². The Morgan fingerprint density at radius 1 is 1.00 bits per heavy atom. The molecule has 0 unspecified atom stereocenters. The second-order valence-electron chi connectivity index (χ2n) is 6.16. The fourth-order valence-corrected chi connectivity index (χ4v) is 3.38. The van der Waals surface area contributed by atoms with E-state index in [0.717, 1.165) is 10.0 Å². The lowest BCUT2D eigenvalue weighted by Crippen LogP contribution is -1.97. The number of oxime groups is 1. The van der Waals surface area contributed by atoms with Crippen molar-refractivity contribution in [3.8, 4) is 5.75 Å². The van der Waals surface area contributed by atoms with Gasteiger partial charge in [0, 0.05) is 16.6 Å². The van der Waals surface area contributed by atoms with Crippen molar-refractivity contribution in [3.63, 3.8) is 0 Å². The minimum Gasteiger partial charge on any atom is -0.486 e. The molecule has 0 saturated carbocycles. The van der Waals surface area contributed by atoms with Gasteiger partial charge in [0.05, 0.1) is 21.2 Å².